The molecule has 1 aromatic heterocycles. The molecule has 1 aromatic carbocycles. The molecule has 1 aliphatic carbocycles. The summed E-state index contributed by atoms with van der Waals surface area (Å²) in [6, 6.07) is 5.03. The summed E-state index contributed by atoms with van der Waals surface area (Å²) in [7, 11) is 0. The van der Waals surface area contributed by atoms with Gasteiger partial charge in [0.1, 0.15) is 35.7 Å². The minimum absolute atomic E-state index is 0.272. The standard InChI is InChI=1S/C20H24O8/c21-9-15-16(22)17(23)18(24)20(28-15)26-10-6-7-12-11-4-2-1-3-5-13(11)19(25)27-14(12)8-10/h6-8,15-18,20-24H,1-5,9H2. The molecule has 2 heterocycles. The van der Waals surface area contributed by atoms with Gasteiger partial charge in [-0.05, 0) is 43.4 Å². The van der Waals surface area contributed by atoms with E-state index in [2.05, 4.69) is 0 Å². The van der Waals surface area contributed by atoms with E-state index in [1.165, 1.54) is 0 Å². The van der Waals surface area contributed by atoms with E-state index >= 15 is 0 Å². The van der Waals surface area contributed by atoms with Crippen LogP contribution < -0.4 is 10.4 Å². The van der Waals surface area contributed by atoms with Crippen molar-refractivity contribution in [3.8, 4) is 5.75 Å². The summed E-state index contributed by atoms with van der Waals surface area (Å²) < 4.78 is 16.5. The van der Waals surface area contributed by atoms with Crippen LogP contribution in [0, 0.1) is 0 Å². The highest BCUT2D eigenvalue weighted by Gasteiger charge is 2.44. The van der Waals surface area contributed by atoms with Crippen molar-refractivity contribution in [1.82, 2.24) is 0 Å². The first-order valence-electron chi connectivity index (χ1n) is 9.55. The van der Waals surface area contributed by atoms with Crippen LogP contribution in [0.2, 0.25) is 0 Å². The molecule has 1 aliphatic heterocycles. The van der Waals surface area contributed by atoms with Crippen LogP contribution in [-0.2, 0) is 17.6 Å². The molecule has 0 saturated carbocycles. The van der Waals surface area contributed by atoms with Gasteiger partial charge in [-0.1, -0.05) is 6.42 Å². The maximum absolute atomic E-state index is 12.4. The molecule has 2 aromatic rings. The number of hydrogen-bond donors (Lipinski definition) is 4. The molecule has 1 fully saturated rings. The van der Waals surface area contributed by atoms with Gasteiger partial charge in [-0.2, -0.15) is 0 Å². The van der Waals surface area contributed by atoms with Crippen LogP contribution in [0.25, 0.3) is 11.0 Å². The predicted molar refractivity (Wildman–Crippen MR) is 98.1 cm³/mol. The molecule has 4 N–H and O–H groups in total. The predicted octanol–water partition coefficient (Wildman–Crippen LogP) is 0.241. The monoisotopic (exact) mass is 392 g/mol. The number of rotatable bonds is 3. The average Bonchev–Trinajstić information content (AvgIpc) is 2.95. The second kappa shape index (κ2) is 7.81. The van der Waals surface area contributed by atoms with E-state index in [-0.39, 0.29) is 11.4 Å². The van der Waals surface area contributed by atoms with Crippen molar-refractivity contribution in [2.75, 3.05) is 6.61 Å². The lowest BCUT2D eigenvalue weighted by atomic mass is 9.99. The van der Waals surface area contributed by atoms with Crippen molar-refractivity contribution in [2.24, 2.45) is 0 Å². The highest BCUT2D eigenvalue weighted by molar-refractivity contribution is 5.82. The van der Waals surface area contributed by atoms with E-state index in [9.17, 15) is 25.2 Å². The van der Waals surface area contributed by atoms with Gasteiger partial charge in [-0.25, -0.2) is 4.79 Å². The molecule has 5 unspecified atom stereocenters. The van der Waals surface area contributed by atoms with E-state index in [1.807, 2.05) is 6.07 Å². The molecule has 8 heteroatoms. The molecule has 0 radical (unpaired) electrons. The van der Waals surface area contributed by atoms with Gasteiger partial charge in [0.15, 0.2) is 0 Å². The second-order valence-corrected chi connectivity index (χ2v) is 7.38. The van der Waals surface area contributed by atoms with Gasteiger partial charge in [-0.3, -0.25) is 0 Å². The van der Waals surface area contributed by atoms with Crippen molar-refractivity contribution < 1.29 is 34.3 Å². The Labute approximate surface area is 160 Å². The Bertz CT molecular complexity index is 905. The number of aliphatic hydroxyl groups excluding tert-OH is 4. The smallest absolute Gasteiger partial charge is 0.339 e. The molecule has 8 nitrogen and oxygen atoms in total. The third-order valence-corrected chi connectivity index (χ3v) is 5.55. The molecule has 5 atom stereocenters. The molecule has 28 heavy (non-hydrogen) atoms. The first-order valence-corrected chi connectivity index (χ1v) is 9.55. The molecule has 1 saturated heterocycles. The average molecular weight is 392 g/mol. The van der Waals surface area contributed by atoms with Gasteiger partial charge in [0, 0.05) is 17.0 Å². The van der Waals surface area contributed by atoms with Crippen LogP contribution in [0.15, 0.2) is 27.4 Å². The molecule has 2 aliphatic rings. The largest absolute Gasteiger partial charge is 0.462 e. The van der Waals surface area contributed by atoms with Gasteiger partial charge in [0.25, 0.3) is 0 Å². The van der Waals surface area contributed by atoms with Crippen molar-refractivity contribution in [2.45, 2.75) is 62.8 Å². The maximum Gasteiger partial charge on any atom is 0.339 e. The third-order valence-electron chi connectivity index (χ3n) is 5.55. The lowest BCUT2D eigenvalue weighted by molar-refractivity contribution is -0.277. The van der Waals surface area contributed by atoms with Gasteiger partial charge in [0.2, 0.25) is 6.29 Å². The van der Waals surface area contributed by atoms with Crippen LogP contribution in [-0.4, -0.2) is 57.7 Å². The molecule has 0 bridgehead atoms. The summed E-state index contributed by atoms with van der Waals surface area (Å²) in [4.78, 5) is 12.4. The summed E-state index contributed by atoms with van der Waals surface area (Å²) in [5, 5.41) is 40.0. The number of fused-ring (bicyclic) bond motifs is 3. The topological polar surface area (TPSA) is 130 Å². The Hall–Kier alpha value is -1.97. The van der Waals surface area contributed by atoms with Gasteiger partial charge < -0.3 is 34.3 Å². The minimum Gasteiger partial charge on any atom is -0.462 e. The van der Waals surface area contributed by atoms with Crippen molar-refractivity contribution in [3.05, 3.63) is 39.7 Å². The van der Waals surface area contributed by atoms with Crippen molar-refractivity contribution in [3.63, 3.8) is 0 Å². The first kappa shape index (κ1) is 19.4. The summed E-state index contributed by atoms with van der Waals surface area (Å²) in [6.45, 7) is -0.538. The molecule has 152 valence electrons. The van der Waals surface area contributed by atoms with Crippen LogP contribution in [0.5, 0.6) is 5.75 Å². The summed E-state index contributed by atoms with van der Waals surface area (Å²) in [5.74, 6) is 0.272. The molecular weight excluding hydrogens is 368 g/mol. The summed E-state index contributed by atoms with van der Waals surface area (Å²) in [5.41, 5.74) is 1.80. The summed E-state index contributed by atoms with van der Waals surface area (Å²) in [6.07, 6.45) is -2.22. The number of benzene rings is 1. The zero-order valence-corrected chi connectivity index (χ0v) is 15.3. The SMILES string of the molecule is O=c1oc2cc(OC3OC(CO)C(O)C(O)C3O)ccc2c2c1CCCCC2. The van der Waals surface area contributed by atoms with Crippen LogP contribution in [0.4, 0.5) is 0 Å². The second-order valence-electron chi connectivity index (χ2n) is 7.38. The van der Waals surface area contributed by atoms with Gasteiger partial charge >= 0.3 is 5.63 Å². The Morgan fingerprint density at radius 3 is 2.50 bits per heavy atom. The van der Waals surface area contributed by atoms with E-state index in [0.29, 0.717) is 5.58 Å². The molecule has 4 rings (SSSR count). The number of aliphatic hydroxyl groups is 4. The Morgan fingerprint density at radius 2 is 1.75 bits per heavy atom. The van der Waals surface area contributed by atoms with Crippen LogP contribution in [0.3, 0.4) is 0 Å². The van der Waals surface area contributed by atoms with Gasteiger partial charge in [0.05, 0.1) is 6.61 Å². The zero-order chi connectivity index (χ0) is 19.8. The van der Waals surface area contributed by atoms with Gasteiger partial charge in [-0.15, -0.1) is 0 Å². The fraction of sp³-hybridized carbons (Fsp3) is 0.550. The van der Waals surface area contributed by atoms with E-state index < -0.39 is 37.3 Å². The lowest BCUT2D eigenvalue weighted by Gasteiger charge is -2.39. The first-order chi connectivity index (χ1) is 13.5. The fourth-order valence-electron chi connectivity index (χ4n) is 3.97. The fourth-order valence-corrected chi connectivity index (χ4v) is 3.97. The van der Waals surface area contributed by atoms with E-state index in [0.717, 1.165) is 48.6 Å². The molecule has 0 amide bonds. The van der Waals surface area contributed by atoms with Crippen molar-refractivity contribution in [1.29, 1.82) is 0 Å². The number of aryl methyl sites for hydroxylation is 1. The number of ether oxygens (including phenoxy) is 2. The summed E-state index contributed by atoms with van der Waals surface area (Å²) >= 11 is 0. The van der Waals surface area contributed by atoms with E-state index in [4.69, 9.17) is 13.9 Å². The Balaban J connectivity index is 1.64. The molecular formula is C20H24O8. The number of hydrogen-bond acceptors (Lipinski definition) is 8. The highest BCUT2D eigenvalue weighted by Crippen LogP contribution is 2.30. The van der Waals surface area contributed by atoms with Crippen LogP contribution >= 0.6 is 0 Å². The Kier molecular flexibility index (Phi) is 5.39. The van der Waals surface area contributed by atoms with Crippen LogP contribution in [0.1, 0.15) is 30.4 Å². The lowest BCUT2D eigenvalue weighted by Crippen LogP contribution is -2.60. The maximum atomic E-state index is 12.4. The van der Waals surface area contributed by atoms with E-state index in [1.54, 1.807) is 12.1 Å². The minimum atomic E-state index is -1.52. The normalized spacial score (nSPS) is 30.6. The molecule has 0 spiro atoms. The Morgan fingerprint density at radius 1 is 1.00 bits per heavy atom. The zero-order valence-electron chi connectivity index (χ0n) is 15.3. The van der Waals surface area contributed by atoms with Crippen molar-refractivity contribution >= 4 is 11.0 Å². The quantitative estimate of drug-likeness (QED) is 0.432. The third kappa shape index (κ3) is 3.42. The highest BCUT2D eigenvalue weighted by atomic mass is 16.7.